The van der Waals surface area contributed by atoms with E-state index in [0.29, 0.717) is 11.8 Å². The Morgan fingerprint density at radius 1 is 1.00 bits per heavy atom. The first kappa shape index (κ1) is 14.9. The lowest BCUT2D eigenvalue weighted by atomic mass is 9.63. The highest BCUT2D eigenvalue weighted by Crippen LogP contribution is 2.65. The first-order valence-corrected chi connectivity index (χ1v) is 8.94. The van der Waals surface area contributed by atoms with Gasteiger partial charge in [-0.1, -0.05) is 24.3 Å². The van der Waals surface area contributed by atoms with Crippen LogP contribution in [0.5, 0.6) is 0 Å². The summed E-state index contributed by atoms with van der Waals surface area (Å²) in [5.74, 6) is 1.15. The number of hydrogen-bond acceptors (Lipinski definition) is 4. The van der Waals surface area contributed by atoms with Gasteiger partial charge in [-0.25, -0.2) is 0 Å². The predicted octanol–water partition coefficient (Wildman–Crippen LogP) is 2.14. The first-order valence-electron chi connectivity index (χ1n) is 8.94. The number of imide groups is 1. The second-order valence-electron chi connectivity index (χ2n) is 7.87. The first-order chi connectivity index (χ1) is 12.1. The molecule has 0 aromatic heterocycles. The van der Waals surface area contributed by atoms with E-state index in [-0.39, 0.29) is 35.5 Å². The summed E-state index contributed by atoms with van der Waals surface area (Å²) in [4.78, 5) is 27.7. The molecule has 25 heavy (non-hydrogen) atoms. The summed E-state index contributed by atoms with van der Waals surface area (Å²) in [7, 11) is 3.97. The third kappa shape index (κ3) is 2.04. The molecule has 5 aliphatic rings. The molecule has 2 saturated carbocycles. The molecular weight excluding hydrogens is 314 g/mol. The number of nitrogens with zero attached hydrogens (tertiary/aromatic N) is 3. The fraction of sp³-hybridized carbons (Fsp3) is 0.450. The number of hydrazone groups is 1. The van der Waals surface area contributed by atoms with E-state index in [2.05, 4.69) is 17.3 Å². The molecule has 3 fully saturated rings. The van der Waals surface area contributed by atoms with Crippen molar-refractivity contribution >= 4 is 23.7 Å². The van der Waals surface area contributed by atoms with Crippen molar-refractivity contribution in [1.29, 1.82) is 0 Å². The van der Waals surface area contributed by atoms with Gasteiger partial charge in [-0.3, -0.25) is 9.59 Å². The average molecular weight is 335 g/mol. The Balaban J connectivity index is 1.39. The zero-order valence-corrected chi connectivity index (χ0v) is 14.4. The highest BCUT2D eigenvalue weighted by atomic mass is 16.2. The Labute approximate surface area is 147 Å². The largest absolute Gasteiger partial charge is 0.378 e. The summed E-state index contributed by atoms with van der Waals surface area (Å²) >= 11 is 0. The molecule has 0 radical (unpaired) electrons. The number of allylic oxidation sites excluding steroid dienone is 2. The highest BCUT2D eigenvalue weighted by Gasteiger charge is 2.67. The minimum atomic E-state index is -0.181. The van der Waals surface area contributed by atoms with Gasteiger partial charge in [0.05, 0.1) is 18.1 Å². The van der Waals surface area contributed by atoms with E-state index in [9.17, 15) is 9.59 Å². The number of benzene rings is 1. The molecule has 1 heterocycles. The zero-order chi connectivity index (χ0) is 17.3. The third-order valence-corrected chi connectivity index (χ3v) is 6.37. The normalized spacial score (nSPS) is 37.6. The second kappa shape index (κ2) is 5.04. The lowest BCUT2D eigenvalue weighted by molar-refractivity contribution is -0.140. The maximum Gasteiger partial charge on any atom is 0.254 e. The molecule has 1 aliphatic heterocycles. The Hall–Kier alpha value is -2.43. The molecule has 1 saturated heterocycles. The van der Waals surface area contributed by atoms with E-state index in [0.717, 1.165) is 16.3 Å². The number of carbonyl (C=O) groups is 2. The van der Waals surface area contributed by atoms with Crippen LogP contribution >= 0.6 is 0 Å². The molecule has 1 aromatic carbocycles. The topological polar surface area (TPSA) is 53.0 Å². The quantitative estimate of drug-likeness (QED) is 0.483. The molecule has 2 amide bonds. The van der Waals surface area contributed by atoms with Gasteiger partial charge >= 0.3 is 0 Å². The van der Waals surface area contributed by atoms with E-state index in [1.807, 2.05) is 43.3 Å². The van der Waals surface area contributed by atoms with E-state index < -0.39 is 0 Å². The Bertz CT molecular complexity index is 775. The van der Waals surface area contributed by atoms with Gasteiger partial charge in [0.1, 0.15) is 0 Å². The van der Waals surface area contributed by atoms with Crippen LogP contribution in [-0.4, -0.2) is 37.1 Å². The van der Waals surface area contributed by atoms with Crippen LogP contribution in [0, 0.1) is 35.5 Å². The molecule has 5 heteroatoms. The molecule has 0 N–H and O–H groups in total. The van der Waals surface area contributed by atoms with Gasteiger partial charge < -0.3 is 4.90 Å². The maximum atomic E-state index is 12.8. The van der Waals surface area contributed by atoms with Crippen LogP contribution in [0.15, 0.2) is 41.5 Å². The summed E-state index contributed by atoms with van der Waals surface area (Å²) in [6.07, 6.45) is 7.15. The SMILES string of the molecule is CN(C)c1ccc(/C=N\N2C(=O)[C@@H]3[C@H]4C=C[C@H]([C@H]5C[C@@H]45)[C@@H]3C2=O)cc1. The van der Waals surface area contributed by atoms with Gasteiger partial charge in [-0.15, -0.1) is 0 Å². The summed E-state index contributed by atoms with van der Waals surface area (Å²) in [6, 6.07) is 7.87. The van der Waals surface area contributed by atoms with Gasteiger partial charge in [-0.05, 0) is 47.8 Å². The van der Waals surface area contributed by atoms with E-state index in [1.54, 1.807) is 6.21 Å². The Kier molecular flexibility index (Phi) is 3.00. The van der Waals surface area contributed by atoms with Gasteiger partial charge in [-0.2, -0.15) is 10.1 Å². The number of hydrogen-bond donors (Lipinski definition) is 0. The zero-order valence-electron chi connectivity index (χ0n) is 14.4. The molecular formula is C20H21N3O2. The van der Waals surface area contributed by atoms with Crippen LogP contribution in [0.1, 0.15) is 12.0 Å². The van der Waals surface area contributed by atoms with Crippen molar-refractivity contribution in [2.45, 2.75) is 6.42 Å². The minimum absolute atomic E-state index is 0.110. The molecule has 128 valence electrons. The average Bonchev–Trinajstić information content (AvgIpc) is 3.39. The molecule has 1 aromatic rings. The smallest absolute Gasteiger partial charge is 0.254 e. The van der Waals surface area contributed by atoms with Crippen molar-refractivity contribution in [1.82, 2.24) is 5.01 Å². The fourth-order valence-electron chi connectivity index (χ4n) is 5.04. The van der Waals surface area contributed by atoms with Crippen molar-refractivity contribution in [3.8, 4) is 0 Å². The lowest BCUT2D eigenvalue weighted by Gasteiger charge is -2.37. The summed E-state index contributed by atoms with van der Waals surface area (Å²) in [6.45, 7) is 0. The number of amides is 2. The van der Waals surface area contributed by atoms with E-state index >= 15 is 0 Å². The summed E-state index contributed by atoms with van der Waals surface area (Å²) in [5.41, 5.74) is 1.98. The number of anilines is 1. The van der Waals surface area contributed by atoms with E-state index in [4.69, 9.17) is 0 Å². The van der Waals surface area contributed by atoms with Crippen LogP contribution in [0.25, 0.3) is 0 Å². The summed E-state index contributed by atoms with van der Waals surface area (Å²) < 4.78 is 0. The van der Waals surface area contributed by atoms with Gasteiger partial charge in [0.2, 0.25) is 0 Å². The van der Waals surface area contributed by atoms with Crippen molar-refractivity contribution in [2.24, 2.45) is 40.6 Å². The molecule has 6 atom stereocenters. The van der Waals surface area contributed by atoms with E-state index in [1.165, 1.54) is 6.42 Å². The van der Waals surface area contributed by atoms with Crippen LogP contribution < -0.4 is 4.90 Å². The van der Waals surface area contributed by atoms with Crippen LogP contribution in [0.4, 0.5) is 5.69 Å². The molecule has 4 aliphatic carbocycles. The maximum absolute atomic E-state index is 12.8. The molecule has 0 spiro atoms. The molecule has 0 unspecified atom stereocenters. The Morgan fingerprint density at radius 2 is 1.56 bits per heavy atom. The van der Waals surface area contributed by atoms with Gasteiger partial charge in [0, 0.05) is 19.8 Å². The monoisotopic (exact) mass is 335 g/mol. The van der Waals surface area contributed by atoms with Crippen LogP contribution in [-0.2, 0) is 9.59 Å². The second-order valence-corrected chi connectivity index (χ2v) is 7.87. The lowest BCUT2D eigenvalue weighted by Crippen LogP contribution is -2.40. The standard InChI is InChI=1S/C20H21N3O2/c1-22(2)12-5-3-11(4-6-12)10-21-23-19(24)17-13-7-8-14(16-9-15(13)16)18(17)20(23)25/h3-8,10,13-18H,9H2,1-2H3/b21-10-/t13-,14+,15-,16+,17+,18-. The Morgan fingerprint density at radius 3 is 2.08 bits per heavy atom. The van der Waals surface area contributed by atoms with Crippen LogP contribution in [0.3, 0.4) is 0 Å². The summed E-state index contributed by atoms with van der Waals surface area (Å²) in [5, 5.41) is 5.39. The van der Waals surface area contributed by atoms with Crippen molar-refractivity contribution < 1.29 is 9.59 Å². The van der Waals surface area contributed by atoms with Crippen molar-refractivity contribution in [2.75, 3.05) is 19.0 Å². The van der Waals surface area contributed by atoms with Gasteiger partial charge in [0.25, 0.3) is 11.8 Å². The molecule has 6 rings (SSSR count). The third-order valence-electron chi connectivity index (χ3n) is 6.37. The van der Waals surface area contributed by atoms with Crippen molar-refractivity contribution in [3.63, 3.8) is 0 Å². The van der Waals surface area contributed by atoms with Crippen LogP contribution in [0.2, 0.25) is 0 Å². The van der Waals surface area contributed by atoms with Crippen molar-refractivity contribution in [3.05, 3.63) is 42.0 Å². The molecule has 2 bridgehead atoms. The predicted molar refractivity (Wildman–Crippen MR) is 94.9 cm³/mol. The minimum Gasteiger partial charge on any atom is -0.378 e. The highest BCUT2D eigenvalue weighted by molar-refractivity contribution is 6.06. The molecule has 5 nitrogen and oxygen atoms in total. The number of carbonyl (C=O) groups excluding carboxylic acids is 2. The fourth-order valence-corrected chi connectivity index (χ4v) is 5.04. The number of rotatable bonds is 3. The van der Waals surface area contributed by atoms with Gasteiger partial charge in [0.15, 0.2) is 0 Å².